The normalized spacial score (nSPS) is 11.0. The minimum atomic E-state index is -0.473. The number of aryl methyl sites for hydroxylation is 1. The Kier molecular flexibility index (Phi) is 4.22. The molecule has 2 heterocycles. The van der Waals surface area contributed by atoms with Crippen LogP contribution < -0.4 is 4.74 Å². The zero-order valence-electron chi connectivity index (χ0n) is 13.6. The minimum Gasteiger partial charge on any atom is -0.422 e. The first-order valence-electron chi connectivity index (χ1n) is 7.74. The number of carbonyl (C=O) groups is 1. The van der Waals surface area contributed by atoms with Crippen LogP contribution in [0.4, 0.5) is 4.39 Å². The third-order valence-electron chi connectivity index (χ3n) is 3.81. The second-order valence-corrected chi connectivity index (χ2v) is 7.12. The molecule has 0 aliphatic carbocycles. The van der Waals surface area contributed by atoms with Gasteiger partial charge in [0.2, 0.25) is 0 Å². The van der Waals surface area contributed by atoms with Crippen LogP contribution in [0.2, 0.25) is 5.02 Å². The van der Waals surface area contributed by atoms with Crippen molar-refractivity contribution >= 4 is 39.1 Å². The van der Waals surface area contributed by atoms with Crippen LogP contribution in [0.15, 0.2) is 54.6 Å². The van der Waals surface area contributed by atoms with Gasteiger partial charge >= 0.3 is 5.97 Å². The van der Waals surface area contributed by atoms with Crippen LogP contribution in [0.25, 0.3) is 15.9 Å². The summed E-state index contributed by atoms with van der Waals surface area (Å²) in [6, 6.07) is 14.5. The van der Waals surface area contributed by atoms with E-state index in [1.165, 1.54) is 23.5 Å². The molecule has 0 aliphatic heterocycles. The molecule has 2 aromatic carbocycles. The maximum atomic E-state index is 13.5. The number of hydrogen-bond acceptors (Lipinski definition) is 4. The fourth-order valence-electron chi connectivity index (χ4n) is 2.62. The van der Waals surface area contributed by atoms with Crippen molar-refractivity contribution in [3.8, 4) is 11.4 Å². The number of hydrogen-bond donors (Lipinski definition) is 0. The molecule has 4 rings (SSSR count). The lowest BCUT2D eigenvalue weighted by Crippen LogP contribution is -2.06. The topological polar surface area (TPSA) is 44.1 Å². The van der Waals surface area contributed by atoms with Gasteiger partial charge in [0.15, 0.2) is 0 Å². The fourth-order valence-corrected chi connectivity index (χ4v) is 3.86. The van der Waals surface area contributed by atoms with E-state index in [0.717, 1.165) is 15.9 Å². The number of benzene rings is 2. The van der Waals surface area contributed by atoms with Gasteiger partial charge in [-0.3, -0.25) is 0 Å². The predicted octanol–water partition coefficient (Wildman–Crippen LogP) is 5.41. The fraction of sp³-hybridized carbons (Fsp3) is 0.0526. The van der Waals surface area contributed by atoms with Crippen LogP contribution in [-0.2, 0) is 0 Å². The van der Waals surface area contributed by atoms with Crippen LogP contribution in [0, 0.1) is 12.7 Å². The Morgan fingerprint density at radius 2 is 2.00 bits per heavy atom. The highest BCUT2D eigenvalue weighted by Gasteiger charge is 2.19. The number of nitrogens with zero attached hydrogens (tertiary/aromatic N) is 2. The maximum absolute atomic E-state index is 13.5. The number of rotatable bonds is 3. The first kappa shape index (κ1) is 16.8. The van der Waals surface area contributed by atoms with Crippen molar-refractivity contribution in [2.24, 2.45) is 0 Å². The molecule has 0 saturated carbocycles. The van der Waals surface area contributed by atoms with Crippen molar-refractivity contribution in [1.82, 2.24) is 9.78 Å². The quantitative estimate of drug-likeness (QED) is 0.349. The van der Waals surface area contributed by atoms with E-state index in [4.69, 9.17) is 16.3 Å². The summed E-state index contributed by atoms with van der Waals surface area (Å²) in [5.74, 6) is -0.442. The van der Waals surface area contributed by atoms with Crippen molar-refractivity contribution in [2.45, 2.75) is 6.92 Å². The van der Waals surface area contributed by atoms with E-state index in [-0.39, 0.29) is 5.82 Å². The lowest BCUT2D eigenvalue weighted by atomic mass is 10.3. The Bertz CT molecular complexity index is 1140. The molecule has 130 valence electrons. The lowest BCUT2D eigenvalue weighted by Gasteiger charge is -2.03. The Hall–Kier alpha value is -2.70. The number of fused-ring (bicyclic) bond motifs is 1. The molecule has 0 amide bonds. The highest BCUT2D eigenvalue weighted by Crippen LogP contribution is 2.31. The smallest absolute Gasteiger partial charge is 0.353 e. The van der Waals surface area contributed by atoms with E-state index in [9.17, 15) is 9.18 Å². The summed E-state index contributed by atoms with van der Waals surface area (Å²) in [5.41, 5.74) is 1.35. The summed E-state index contributed by atoms with van der Waals surface area (Å²) in [6.07, 6.45) is 0. The zero-order valence-corrected chi connectivity index (χ0v) is 15.1. The van der Waals surface area contributed by atoms with Gasteiger partial charge in [0.05, 0.1) is 11.4 Å². The number of ether oxygens (including phenoxy) is 1. The number of thiophene rings is 1. The summed E-state index contributed by atoms with van der Waals surface area (Å²) < 4.78 is 20.6. The molecule has 0 fully saturated rings. The average Bonchev–Trinajstić information content (AvgIpc) is 3.16. The highest BCUT2D eigenvalue weighted by molar-refractivity contribution is 7.20. The van der Waals surface area contributed by atoms with E-state index in [2.05, 4.69) is 5.10 Å². The molecule has 4 nitrogen and oxygen atoms in total. The van der Waals surface area contributed by atoms with Crippen molar-refractivity contribution in [1.29, 1.82) is 0 Å². The number of carbonyl (C=O) groups excluding carboxylic acids is 1. The molecule has 4 aromatic rings. The van der Waals surface area contributed by atoms with Crippen molar-refractivity contribution in [3.05, 3.63) is 76.0 Å². The molecule has 0 unspecified atom stereocenters. The molecular weight excluding hydrogens is 375 g/mol. The van der Waals surface area contributed by atoms with Gasteiger partial charge in [0, 0.05) is 10.4 Å². The Morgan fingerprint density at radius 3 is 2.77 bits per heavy atom. The standard InChI is InChI=1S/C19H12ClFN2O2S/c1-11-16-10-17(19(24)25-15-7-2-4-12(20)8-15)26-18(16)23(22-11)14-6-3-5-13(21)9-14/h2-10H,1H3. The van der Waals surface area contributed by atoms with Gasteiger partial charge in [-0.15, -0.1) is 11.3 Å². The number of halogens is 2. The van der Waals surface area contributed by atoms with E-state index >= 15 is 0 Å². The SMILES string of the molecule is Cc1nn(-c2cccc(F)c2)c2sc(C(=O)Oc3cccc(Cl)c3)cc12. The van der Waals surface area contributed by atoms with Crippen LogP contribution in [0.3, 0.4) is 0 Å². The number of aromatic nitrogens is 2. The monoisotopic (exact) mass is 386 g/mol. The van der Waals surface area contributed by atoms with E-state index in [0.29, 0.717) is 21.3 Å². The van der Waals surface area contributed by atoms with Gasteiger partial charge in [-0.1, -0.05) is 23.7 Å². The molecule has 7 heteroatoms. The summed E-state index contributed by atoms with van der Waals surface area (Å²) in [4.78, 5) is 13.7. The largest absolute Gasteiger partial charge is 0.422 e. The average molecular weight is 387 g/mol. The summed E-state index contributed by atoms with van der Waals surface area (Å²) in [5, 5.41) is 5.77. The predicted molar refractivity (Wildman–Crippen MR) is 100 cm³/mol. The molecule has 0 bridgehead atoms. The van der Waals surface area contributed by atoms with Crippen molar-refractivity contribution in [2.75, 3.05) is 0 Å². The first-order valence-corrected chi connectivity index (χ1v) is 8.93. The maximum Gasteiger partial charge on any atom is 0.353 e. The first-order chi connectivity index (χ1) is 12.5. The molecule has 0 radical (unpaired) electrons. The Morgan fingerprint density at radius 1 is 1.19 bits per heavy atom. The molecule has 0 spiro atoms. The lowest BCUT2D eigenvalue weighted by molar-refractivity contribution is 0.0740. The third-order valence-corrected chi connectivity index (χ3v) is 5.13. The highest BCUT2D eigenvalue weighted by atomic mass is 35.5. The molecule has 0 N–H and O–H groups in total. The molecule has 2 aromatic heterocycles. The van der Waals surface area contributed by atoms with Crippen molar-refractivity contribution in [3.63, 3.8) is 0 Å². The summed E-state index contributed by atoms with van der Waals surface area (Å²) in [6.45, 7) is 1.84. The van der Waals surface area contributed by atoms with Gasteiger partial charge < -0.3 is 4.74 Å². The Labute approximate surface area is 157 Å². The van der Waals surface area contributed by atoms with E-state index in [1.54, 1.807) is 47.1 Å². The van der Waals surface area contributed by atoms with Crippen LogP contribution in [0.1, 0.15) is 15.4 Å². The van der Waals surface area contributed by atoms with E-state index in [1.807, 2.05) is 6.92 Å². The molecule has 0 aliphatic rings. The molecule has 0 atom stereocenters. The number of esters is 1. The Balaban J connectivity index is 1.72. The van der Waals surface area contributed by atoms with Crippen LogP contribution in [0.5, 0.6) is 5.75 Å². The van der Waals surface area contributed by atoms with Gasteiger partial charge in [0.25, 0.3) is 0 Å². The van der Waals surface area contributed by atoms with Crippen LogP contribution >= 0.6 is 22.9 Å². The summed E-state index contributed by atoms with van der Waals surface area (Å²) in [7, 11) is 0. The zero-order chi connectivity index (χ0) is 18.3. The van der Waals surface area contributed by atoms with Crippen molar-refractivity contribution < 1.29 is 13.9 Å². The second-order valence-electron chi connectivity index (χ2n) is 5.65. The summed E-state index contributed by atoms with van der Waals surface area (Å²) >= 11 is 7.16. The van der Waals surface area contributed by atoms with Gasteiger partial charge in [-0.25, -0.2) is 13.9 Å². The molecular formula is C19H12ClFN2O2S. The van der Waals surface area contributed by atoms with Crippen LogP contribution in [-0.4, -0.2) is 15.7 Å². The van der Waals surface area contributed by atoms with Gasteiger partial charge in [-0.05, 0) is 49.4 Å². The van der Waals surface area contributed by atoms with Gasteiger partial charge in [0.1, 0.15) is 21.3 Å². The minimum absolute atomic E-state index is 0.346. The second kappa shape index (κ2) is 6.55. The molecule has 0 saturated heterocycles. The molecule has 26 heavy (non-hydrogen) atoms. The van der Waals surface area contributed by atoms with E-state index < -0.39 is 5.97 Å². The van der Waals surface area contributed by atoms with Gasteiger partial charge in [-0.2, -0.15) is 5.10 Å². The third kappa shape index (κ3) is 3.09.